The fourth-order valence-electron chi connectivity index (χ4n) is 4.42. The Kier molecular flexibility index (Phi) is 9.99. The molecule has 1 saturated heterocycles. The van der Waals surface area contributed by atoms with E-state index in [1.807, 2.05) is 68.4 Å². The molecule has 38 heavy (non-hydrogen) atoms. The van der Waals surface area contributed by atoms with Crippen LogP contribution in [0.4, 0.5) is 0 Å². The van der Waals surface area contributed by atoms with Crippen LogP contribution < -0.4 is 15.4 Å². The smallest absolute Gasteiger partial charge is 0.254 e. The largest absolute Gasteiger partial charge is 0.497 e. The molecule has 3 rings (SSSR count). The molecular formula is C29H37N3O5S. The molecular weight excluding hydrogens is 502 g/mol. The van der Waals surface area contributed by atoms with Gasteiger partial charge in [0, 0.05) is 17.4 Å². The van der Waals surface area contributed by atoms with Crippen molar-refractivity contribution in [1.29, 1.82) is 0 Å². The van der Waals surface area contributed by atoms with E-state index in [4.69, 9.17) is 4.74 Å². The number of rotatable bonds is 10. The Morgan fingerprint density at radius 3 is 2.47 bits per heavy atom. The minimum absolute atomic E-state index is 0.250. The van der Waals surface area contributed by atoms with Gasteiger partial charge < -0.3 is 25.4 Å². The van der Waals surface area contributed by atoms with Crippen molar-refractivity contribution < 1.29 is 24.2 Å². The SMILES string of the molecule is COc1cccc(CNC(=O)C2N(C(=O)C(O)C(Cc3ccccc3)NC(=O)C=C(C)C)CSC2(C)C)c1. The second-order valence-corrected chi connectivity index (χ2v) is 11.7. The van der Waals surface area contributed by atoms with Crippen LogP contribution in [-0.4, -0.2) is 63.6 Å². The van der Waals surface area contributed by atoms with Gasteiger partial charge in [0.1, 0.15) is 11.8 Å². The molecule has 1 aliphatic rings. The second kappa shape index (κ2) is 13.0. The molecule has 3 amide bonds. The van der Waals surface area contributed by atoms with E-state index in [1.165, 1.54) is 22.7 Å². The van der Waals surface area contributed by atoms with Gasteiger partial charge in [-0.1, -0.05) is 48.0 Å². The van der Waals surface area contributed by atoms with Crippen LogP contribution in [0.2, 0.25) is 0 Å². The lowest BCUT2D eigenvalue weighted by Crippen LogP contribution is -2.58. The molecule has 0 aliphatic carbocycles. The number of carbonyl (C=O) groups is 3. The summed E-state index contributed by atoms with van der Waals surface area (Å²) < 4.78 is 4.68. The number of hydrogen-bond acceptors (Lipinski definition) is 6. The molecule has 3 atom stereocenters. The zero-order valence-electron chi connectivity index (χ0n) is 22.6. The van der Waals surface area contributed by atoms with Gasteiger partial charge in [-0.15, -0.1) is 11.8 Å². The quantitative estimate of drug-likeness (QED) is 0.401. The molecule has 1 fully saturated rings. The van der Waals surface area contributed by atoms with Gasteiger partial charge in [0.05, 0.1) is 19.0 Å². The van der Waals surface area contributed by atoms with Crippen molar-refractivity contribution in [2.24, 2.45) is 0 Å². The van der Waals surface area contributed by atoms with Crippen molar-refractivity contribution in [3.63, 3.8) is 0 Å². The number of thioether (sulfide) groups is 1. The Balaban J connectivity index is 1.78. The van der Waals surface area contributed by atoms with E-state index in [2.05, 4.69) is 10.6 Å². The van der Waals surface area contributed by atoms with Gasteiger partial charge in [-0.3, -0.25) is 14.4 Å². The van der Waals surface area contributed by atoms with E-state index in [-0.39, 0.29) is 30.7 Å². The summed E-state index contributed by atoms with van der Waals surface area (Å²) in [5.41, 5.74) is 2.53. The van der Waals surface area contributed by atoms with Gasteiger partial charge in [-0.25, -0.2) is 0 Å². The zero-order chi connectivity index (χ0) is 27.9. The molecule has 2 aromatic carbocycles. The molecule has 3 unspecified atom stereocenters. The van der Waals surface area contributed by atoms with E-state index < -0.39 is 28.8 Å². The molecule has 3 N–H and O–H groups in total. The van der Waals surface area contributed by atoms with Crippen molar-refractivity contribution in [3.05, 3.63) is 77.4 Å². The van der Waals surface area contributed by atoms with E-state index >= 15 is 0 Å². The Morgan fingerprint density at radius 2 is 1.82 bits per heavy atom. The predicted molar refractivity (Wildman–Crippen MR) is 150 cm³/mol. The summed E-state index contributed by atoms with van der Waals surface area (Å²) in [6.45, 7) is 7.68. The number of methoxy groups -OCH3 is 1. The van der Waals surface area contributed by atoms with E-state index in [0.29, 0.717) is 5.75 Å². The molecule has 9 heteroatoms. The summed E-state index contributed by atoms with van der Waals surface area (Å²) in [6.07, 6.45) is 0.152. The van der Waals surface area contributed by atoms with Crippen molar-refractivity contribution in [3.8, 4) is 5.75 Å². The fraction of sp³-hybridized carbons (Fsp3) is 0.414. The van der Waals surface area contributed by atoms with E-state index in [9.17, 15) is 19.5 Å². The van der Waals surface area contributed by atoms with Gasteiger partial charge in [-0.2, -0.15) is 0 Å². The highest BCUT2D eigenvalue weighted by atomic mass is 32.2. The molecule has 204 valence electrons. The van der Waals surface area contributed by atoms with Crippen LogP contribution in [0.3, 0.4) is 0 Å². The lowest BCUT2D eigenvalue weighted by atomic mass is 9.97. The maximum atomic E-state index is 13.6. The van der Waals surface area contributed by atoms with Gasteiger partial charge in [0.2, 0.25) is 11.8 Å². The maximum absolute atomic E-state index is 13.6. The van der Waals surface area contributed by atoms with Crippen LogP contribution in [0, 0.1) is 0 Å². The summed E-state index contributed by atoms with van der Waals surface area (Å²) >= 11 is 1.47. The first kappa shape index (κ1) is 29.3. The van der Waals surface area contributed by atoms with Crippen LogP contribution in [0.5, 0.6) is 5.75 Å². The van der Waals surface area contributed by atoms with Crippen molar-refractivity contribution in [1.82, 2.24) is 15.5 Å². The third-order valence-corrected chi connectivity index (χ3v) is 7.73. The maximum Gasteiger partial charge on any atom is 0.254 e. The first-order valence-corrected chi connectivity index (χ1v) is 13.5. The summed E-state index contributed by atoms with van der Waals surface area (Å²) in [6, 6.07) is 15.1. The Bertz CT molecular complexity index is 1160. The minimum atomic E-state index is -1.53. The molecule has 2 aromatic rings. The number of amides is 3. The third-order valence-electron chi connectivity index (χ3n) is 6.36. The number of allylic oxidation sites excluding steroid dienone is 1. The number of hydrogen-bond donors (Lipinski definition) is 3. The van der Waals surface area contributed by atoms with E-state index in [0.717, 1.165) is 16.7 Å². The molecule has 0 radical (unpaired) electrons. The molecule has 1 heterocycles. The van der Waals surface area contributed by atoms with Gasteiger partial charge in [0.15, 0.2) is 6.10 Å². The lowest BCUT2D eigenvalue weighted by Gasteiger charge is -2.33. The Morgan fingerprint density at radius 1 is 1.13 bits per heavy atom. The van der Waals surface area contributed by atoms with Crippen LogP contribution in [0.25, 0.3) is 0 Å². The highest BCUT2D eigenvalue weighted by molar-refractivity contribution is 8.00. The number of nitrogens with one attached hydrogen (secondary N) is 2. The first-order valence-electron chi connectivity index (χ1n) is 12.5. The molecule has 8 nitrogen and oxygen atoms in total. The van der Waals surface area contributed by atoms with Crippen molar-refractivity contribution in [2.75, 3.05) is 13.0 Å². The average molecular weight is 540 g/mol. The van der Waals surface area contributed by atoms with Crippen LogP contribution >= 0.6 is 11.8 Å². The average Bonchev–Trinajstić information content (AvgIpc) is 3.21. The molecule has 0 saturated carbocycles. The first-order chi connectivity index (χ1) is 18.0. The predicted octanol–water partition coefficient (Wildman–Crippen LogP) is 3.05. The second-order valence-electron chi connectivity index (χ2n) is 10.1. The number of nitrogens with zero attached hydrogens (tertiary/aromatic N) is 1. The number of carbonyl (C=O) groups excluding carboxylic acids is 3. The Hall–Kier alpha value is -3.30. The highest BCUT2D eigenvalue weighted by Crippen LogP contribution is 2.40. The molecule has 0 spiro atoms. The topological polar surface area (TPSA) is 108 Å². The number of aliphatic hydroxyl groups is 1. The van der Waals surface area contributed by atoms with E-state index in [1.54, 1.807) is 21.0 Å². The number of aliphatic hydroxyl groups excluding tert-OH is 1. The minimum Gasteiger partial charge on any atom is -0.497 e. The van der Waals surface area contributed by atoms with Crippen LogP contribution in [-0.2, 0) is 27.3 Å². The number of ether oxygens (including phenoxy) is 1. The van der Waals surface area contributed by atoms with Gasteiger partial charge in [-0.05, 0) is 57.4 Å². The third kappa shape index (κ3) is 7.61. The molecule has 0 bridgehead atoms. The summed E-state index contributed by atoms with van der Waals surface area (Å²) in [5.74, 6) is -0.353. The summed E-state index contributed by atoms with van der Waals surface area (Å²) in [4.78, 5) is 41.0. The van der Waals surface area contributed by atoms with Gasteiger partial charge in [0.25, 0.3) is 5.91 Å². The highest BCUT2D eigenvalue weighted by Gasteiger charge is 2.49. The van der Waals surface area contributed by atoms with Crippen LogP contribution in [0.1, 0.15) is 38.8 Å². The van der Waals surface area contributed by atoms with Crippen molar-refractivity contribution >= 4 is 29.5 Å². The molecule has 1 aliphatic heterocycles. The summed E-state index contributed by atoms with van der Waals surface area (Å²) in [5, 5.41) is 17.0. The lowest BCUT2D eigenvalue weighted by molar-refractivity contribution is -0.147. The Labute approximate surface area is 228 Å². The monoisotopic (exact) mass is 539 g/mol. The standard InChI is InChI=1S/C29H37N3O5S/c1-19(2)14-24(33)31-23(16-20-10-7-6-8-11-20)25(34)28(36)32-18-38-29(3,4)26(32)27(35)30-17-21-12-9-13-22(15-21)37-5/h6-15,23,25-26,34H,16-18H2,1-5H3,(H,30,35)(H,31,33). The van der Waals surface area contributed by atoms with Crippen LogP contribution in [0.15, 0.2) is 66.2 Å². The van der Waals surface area contributed by atoms with Crippen molar-refractivity contribution in [2.45, 2.75) is 63.6 Å². The fourth-order valence-corrected chi connectivity index (χ4v) is 5.56. The zero-order valence-corrected chi connectivity index (χ0v) is 23.4. The summed E-state index contributed by atoms with van der Waals surface area (Å²) in [7, 11) is 1.58. The molecule has 0 aromatic heterocycles. The van der Waals surface area contributed by atoms with Gasteiger partial charge >= 0.3 is 0 Å². The number of benzene rings is 2. The normalized spacial score (nSPS) is 17.7.